The number of amides is 1. The molecule has 1 amide bonds. The minimum absolute atomic E-state index is 0.205. The van der Waals surface area contributed by atoms with Crippen molar-refractivity contribution >= 4 is 5.91 Å². The molecule has 0 radical (unpaired) electrons. The highest BCUT2D eigenvalue weighted by Gasteiger charge is 2.13. The molecule has 0 aliphatic heterocycles. The number of para-hydroxylation sites is 2. The van der Waals surface area contributed by atoms with Gasteiger partial charge in [-0.05, 0) is 31.2 Å². The van der Waals surface area contributed by atoms with Crippen molar-refractivity contribution in [2.45, 2.75) is 13.0 Å². The van der Waals surface area contributed by atoms with Gasteiger partial charge in [0.05, 0.1) is 19.2 Å². The van der Waals surface area contributed by atoms with Crippen molar-refractivity contribution in [1.82, 2.24) is 5.32 Å². The van der Waals surface area contributed by atoms with Gasteiger partial charge in [-0.25, -0.2) is 0 Å². The normalized spacial score (nSPS) is 10.9. The van der Waals surface area contributed by atoms with E-state index in [0.29, 0.717) is 11.5 Å². The van der Waals surface area contributed by atoms with Crippen LogP contribution in [0.25, 0.3) is 0 Å². The molecule has 2 rings (SSSR count). The molecular weight excluding hydrogens is 290 g/mol. The van der Waals surface area contributed by atoms with Crippen molar-refractivity contribution in [2.24, 2.45) is 0 Å². The van der Waals surface area contributed by atoms with Gasteiger partial charge in [-0.3, -0.25) is 4.79 Å². The van der Waals surface area contributed by atoms with Crippen LogP contribution in [0.15, 0.2) is 54.6 Å². The monoisotopic (exact) mass is 309 g/mol. The van der Waals surface area contributed by atoms with Crippen molar-refractivity contribution in [3.05, 3.63) is 60.2 Å². The average molecular weight is 309 g/mol. The van der Waals surface area contributed by atoms with Crippen LogP contribution >= 0.6 is 0 Å². The van der Waals surface area contributed by atoms with Crippen molar-refractivity contribution in [3.8, 4) is 23.3 Å². The van der Waals surface area contributed by atoms with Crippen LogP contribution < -0.4 is 14.8 Å². The number of rotatable bonds is 5. The molecule has 0 bridgehead atoms. The highest BCUT2D eigenvalue weighted by atomic mass is 16.5. The Balaban J connectivity index is 1.84. The number of nitrogens with one attached hydrogen (secondary N) is 1. The Hall–Kier alpha value is -2.93. The van der Waals surface area contributed by atoms with Gasteiger partial charge in [0.15, 0.2) is 6.10 Å². The van der Waals surface area contributed by atoms with Crippen LogP contribution in [-0.2, 0) is 4.79 Å². The molecule has 0 heterocycles. The number of carbonyl (C=O) groups excluding carboxylic acids is 1. The summed E-state index contributed by atoms with van der Waals surface area (Å²) >= 11 is 0. The fourth-order valence-electron chi connectivity index (χ4n) is 1.92. The zero-order chi connectivity index (χ0) is 16.5. The topological polar surface area (TPSA) is 47.6 Å². The summed E-state index contributed by atoms with van der Waals surface area (Å²) < 4.78 is 10.8. The highest BCUT2D eigenvalue weighted by molar-refractivity contribution is 5.80. The lowest BCUT2D eigenvalue weighted by atomic mass is 10.2. The maximum atomic E-state index is 12.0. The van der Waals surface area contributed by atoms with Crippen LogP contribution in [0.5, 0.6) is 11.5 Å². The molecule has 0 saturated carbocycles. The van der Waals surface area contributed by atoms with E-state index in [1.807, 2.05) is 54.6 Å². The number of ether oxygens (including phenoxy) is 2. The Labute approximate surface area is 136 Å². The Bertz CT molecular complexity index is 701. The molecule has 0 aliphatic rings. The number of hydrogen-bond donors (Lipinski definition) is 1. The molecule has 1 unspecified atom stereocenters. The number of hydrogen-bond acceptors (Lipinski definition) is 3. The van der Waals surface area contributed by atoms with Gasteiger partial charge in [0.2, 0.25) is 0 Å². The van der Waals surface area contributed by atoms with E-state index < -0.39 is 6.10 Å². The Morgan fingerprint density at radius 2 is 1.83 bits per heavy atom. The second kappa shape index (κ2) is 8.50. The highest BCUT2D eigenvalue weighted by Crippen LogP contribution is 2.15. The predicted molar refractivity (Wildman–Crippen MR) is 89.4 cm³/mol. The molecule has 0 aromatic heterocycles. The first-order valence-electron chi connectivity index (χ1n) is 7.32. The molecule has 2 aromatic carbocycles. The third kappa shape index (κ3) is 5.08. The molecule has 1 atom stereocenters. The van der Waals surface area contributed by atoms with E-state index in [-0.39, 0.29) is 12.5 Å². The fraction of sp³-hybridized carbons (Fsp3) is 0.211. The molecular formula is C19H19NO3. The Morgan fingerprint density at radius 3 is 2.57 bits per heavy atom. The van der Waals surface area contributed by atoms with Crippen LogP contribution in [0.1, 0.15) is 12.5 Å². The van der Waals surface area contributed by atoms with Crippen LogP contribution in [-0.4, -0.2) is 25.7 Å². The largest absolute Gasteiger partial charge is 0.495 e. The van der Waals surface area contributed by atoms with Crippen molar-refractivity contribution in [3.63, 3.8) is 0 Å². The first-order valence-corrected chi connectivity index (χ1v) is 7.32. The van der Waals surface area contributed by atoms with Gasteiger partial charge in [-0.2, -0.15) is 0 Å². The van der Waals surface area contributed by atoms with E-state index in [4.69, 9.17) is 9.47 Å². The number of carbonyl (C=O) groups is 1. The van der Waals surface area contributed by atoms with Crippen molar-refractivity contribution < 1.29 is 14.3 Å². The standard InChI is InChI=1S/C19H19NO3/c1-15(23-17-11-4-3-5-12-17)19(21)20-14-8-10-16-9-6-7-13-18(16)22-2/h3-7,9,11-13,15H,14H2,1-2H3,(H,20,21). The van der Waals surface area contributed by atoms with Gasteiger partial charge < -0.3 is 14.8 Å². The lowest BCUT2D eigenvalue weighted by molar-refractivity contribution is -0.126. The van der Waals surface area contributed by atoms with Crippen LogP contribution in [0.2, 0.25) is 0 Å². The first-order chi connectivity index (χ1) is 11.2. The maximum Gasteiger partial charge on any atom is 0.261 e. The third-order valence-electron chi connectivity index (χ3n) is 3.11. The Morgan fingerprint density at radius 1 is 1.13 bits per heavy atom. The average Bonchev–Trinajstić information content (AvgIpc) is 2.59. The van der Waals surface area contributed by atoms with E-state index in [1.54, 1.807) is 14.0 Å². The molecule has 1 N–H and O–H groups in total. The first kappa shape index (κ1) is 16.4. The van der Waals surface area contributed by atoms with Gasteiger partial charge in [0.1, 0.15) is 11.5 Å². The summed E-state index contributed by atoms with van der Waals surface area (Å²) in [4.78, 5) is 12.0. The summed E-state index contributed by atoms with van der Waals surface area (Å²) in [6, 6.07) is 16.7. The summed E-state index contributed by atoms with van der Waals surface area (Å²) in [5.74, 6) is 7.06. The minimum Gasteiger partial charge on any atom is -0.495 e. The number of methoxy groups -OCH3 is 1. The zero-order valence-electron chi connectivity index (χ0n) is 13.2. The predicted octanol–water partition coefficient (Wildman–Crippen LogP) is 2.63. The van der Waals surface area contributed by atoms with Crippen LogP contribution in [0.3, 0.4) is 0 Å². The molecule has 0 spiro atoms. The van der Waals surface area contributed by atoms with Crippen molar-refractivity contribution in [2.75, 3.05) is 13.7 Å². The third-order valence-corrected chi connectivity index (χ3v) is 3.11. The number of benzene rings is 2. The fourth-order valence-corrected chi connectivity index (χ4v) is 1.92. The zero-order valence-corrected chi connectivity index (χ0v) is 13.2. The minimum atomic E-state index is -0.578. The van der Waals surface area contributed by atoms with E-state index in [9.17, 15) is 4.79 Å². The SMILES string of the molecule is COc1ccccc1C#CCNC(=O)C(C)Oc1ccccc1. The summed E-state index contributed by atoms with van der Waals surface area (Å²) in [5.41, 5.74) is 0.790. The van der Waals surface area contributed by atoms with Crippen LogP contribution in [0.4, 0.5) is 0 Å². The van der Waals surface area contributed by atoms with E-state index >= 15 is 0 Å². The second-order valence-corrected chi connectivity index (χ2v) is 4.79. The van der Waals surface area contributed by atoms with Gasteiger partial charge >= 0.3 is 0 Å². The van der Waals surface area contributed by atoms with Gasteiger partial charge in [-0.15, -0.1) is 0 Å². The smallest absolute Gasteiger partial charge is 0.261 e. The van der Waals surface area contributed by atoms with E-state index in [0.717, 1.165) is 5.56 Å². The molecule has 23 heavy (non-hydrogen) atoms. The molecule has 4 nitrogen and oxygen atoms in total. The molecule has 118 valence electrons. The summed E-state index contributed by atoms with van der Waals surface area (Å²) in [6.07, 6.45) is -0.578. The Kier molecular flexibility index (Phi) is 6.07. The lowest BCUT2D eigenvalue weighted by Crippen LogP contribution is -2.36. The van der Waals surface area contributed by atoms with E-state index in [2.05, 4.69) is 17.2 Å². The quantitative estimate of drug-likeness (QED) is 0.864. The summed E-state index contributed by atoms with van der Waals surface area (Å²) in [6.45, 7) is 1.95. The molecule has 0 aliphatic carbocycles. The van der Waals surface area contributed by atoms with Gasteiger partial charge in [-0.1, -0.05) is 42.2 Å². The summed E-state index contributed by atoms with van der Waals surface area (Å²) in [5, 5.41) is 2.73. The summed E-state index contributed by atoms with van der Waals surface area (Å²) in [7, 11) is 1.60. The molecule has 4 heteroatoms. The molecule has 2 aromatic rings. The van der Waals surface area contributed by atoms with E-state index in [1.165, 1.54) is 0 Å². The maximum absolute atomic E-state index is 12.0. The van der Waals surface area contributed by atoms with Gasteiger partial charge in [0, 0.05) is 0 Å². The van der Waals surface area contributed by atoms with Gasteiger partial charge in [0.25, 0.3) is 5.91 Å². The second-order valence-electron chi connectivity index (χ2n) is 4.79. The molecule has 0 saturated heterocycles. The lowest BCUT2D eigenvalue weighted by Gasteiger charge is -2.13. The van der Waals surface area contributed by atoms with Crippen molar-refractivity contribution in [1.29, 1.82) is 0 Å². The van der Waals surface area contributed by atoms with Crippen LogP contribution in [0, 0.1) is 11.8 Å². The molecule has 0 fully saturated rings.